The van der Waals surface area contributed by atoms with Crippen molar-refractivity contribution < 1.29 is 17.7 Å². The SMILES string of the molecule is CCNC(=NCc1noc(C)n1)N(C)Cc1ccc(C(F)(F)F)cc1. The predicted molar refractivity (Wildman–Crippen MR) is 86.8 cm³/mol. The van der Waals surface area contributed by atoms with E-state index in [1.807, 2.05) is 11.8 Å². The number of nitrogens with zero attached hydrogens (tertiary/aromatic N) is 4. The fraction of sp³-hybridized carbons (Fsp3) is 0.438. The molecule has 1 aromatic carbocycles. The van der Waals surface area contributed by atoms with Crippen molar-refractivity contribution in [2.45, 2.75) is 33.1 Å². The first-order chi connectivity index (χ1) is 11.8. The van der Waals surface area contributed by atoms with Crippen molar-refractivity contribution in [1.82, 2.24) is 20.4 Å². The maximum absolute atomic E-state index is 12.6. The van der Waals surface area contributed by atoms with Gasteiger partial charge in [-0.1, -0.05) is 17.3 Å². The molecule has 0 amide bonds. The molecule has 0 aliphatic carbocycles. The lowest BCUT2D eigenvalue weighted by Crippen LogP contribution is -2.38. The Labute approximate surface area is 143 Å². The fourth-order valence-corrected chi connectivity index (χ4v) is 2.17. The number of halogens is 3. The minimum absolute atomic E-state index is 0.247. The van der Waals surface area contributed by atoms with Gasteiger partial charge in [-0.15, -0.1) is 0 Å². The van der Waals surface area contributed by atoms with Crippen LogP contribution in [0.1, 0.15) is 29.8 Å². The number of hydrogen-bond acceptors (Lipinski definition) is 4. The van der Waals surface area contributed by atoms with Crippen LogP contribution in [-0.4, -0.2) is 34.6 Å². The average molecular weight is 355 g/mol. The molecule has 0 fully saturated rings. The summed E-state index contributed by atoms with van der Waals surface area (Å²) in [6.07, 6.45) is -4.33. The molecule has 9 heteroatoms. The summed E-state index contributed by atoms with van der Waals surface area (Å²) in [6, 6.07) is 5.08. The molecule has 0 bridgehead atoms. The smallest absolute Gasteiger partial charge is 0.357 e. The summed E-state index contributed by atoms with van der Waals surface area (Å²) in [4.78, 5) is 10.3. The second-order valence-electron chi connectivity index (χ2n) is 5.45. The van der Waals surface area contributed by atoms with Gasteiger partial charge in [0.15, 0.2) is 11.8 Å². The Morgan fingerprint density at radius 2 is 1.96 bits per heavy atom. The highest BCUT2D eigenvalue weighted by molar-refractivity contribution is 5.79. The van der Waals surface area contributed by atoms with Crippen LogP contribution in [0.4, 0.5) is 13.2 Å². The molecule has 2 rings (SSSR count). The summed E-state index contributed by atoms with van der Waals surface area (Å²) < 4.78 is 42.7. The molecule has 6 nitrogen and oxygen atoms in total. The van der Waals surface area contributed by atoms with Crippen LogP contribution in [0.15, 0.2) is 33.8 Å². The molecule has 1 N–H and O–H groups in total. The Morgan fingerprint density at radius 3 is 2.48 bits per heavy atom. The van der Waals surface area contributed by atoms with E-state index in [1.54, 1.807) is 14.0 Å². The monoisotopic (exact) mass is 355 g/mol. The Kier molecular flexibility index (Phi) is 6.00. The van der Waals surface area contributed by atoms with E-state index in [-0.39, 0.29) is 6.54 Å². The first-order valence-electron chi connectivity index (χ1n) is 7.74. The third kappa shape index (κ3) is 5.47. The highest BCUT2D eigenvalue weighted by atomic mass is 19.4. The molecule has 0 radical (unpaired) electrons. The van der Waals surface area contributed by atoms with Gasteiger partial charge in [-0.25, -0.2) is 4.99 Å². The Bertz CT molecular complexity index is 709. The number of rotatable bonds is 5. The van der Waals surface area contributed by atoms with Gasteiger partial charge in [0.05, 0.1) is 5.56 Å². The minimum Gasteiger partial charge on any atom is -0.357 e. The minimum atomic E-state index is -4.33. The Hall–Kier alpha value is -2.58. The number of guanidine groups is 1. The molecule has 0 saturated heterocycles. The molecule has 0 aliphatic rings. The quantitative estimate of drug-likeness (QED) is 0.660. The lowest BCUT2D eigenvalue weighted by molar-refractivity contribution is -0.137. The average Bonchev–Trinajstić information content (AvgIpc) is 2.96. The molecule has 25 heavy (non-hydrogen) atoms. The van der Waals surface area contributed by atoms with Gasteiger partial charge in [0.25, 0.3) is 0 Å². The van der Waals surface area contributed by atoms with Crippen LogP contribution >= 0.6 is 0 Å². The van der Waals surface area contributed by atoms with Gasteiger partial charge in [-0.05, 0) is 24.6 Å². The topological polar surface area (TPSA) is 66.5 Å². The molecular formula is C16H20F3N5O. The van der Waals surface area contributed by atoms with Gasteiger partial charge in [-0.3, -0.25) is 0 Å². The normalized spacial score (nSPS) is 12.3. The summed E-state index contributed by atoms with van der Waals surface area (Å²) in [6.45, 7) is 4.94. The van der Waals surface area contributed by atoms with E-state index >= 15 is 0 Å². The number of aliphatic imine (C=N–C) groups is 1. The highest BCUT2D eigenvalue weighted by Crippen LogP contribution is 2.29. The van der Waals surface area contributed by atoms with Gasteiger partial charge in [-0.2, -0.15) is 18.2 Å². The summed E-state index contributed by atoms with van der Waals surface area (Å²) in [5.74, 6) is 1.54. The van der Waals surface area contributed by atoms with E-state index in [1.165, 1.54) is 12.1 Å². The van der Waals surface area contributed by atoms with Gasteiger partial charge < -0.3 is 14.7 Å². The van der Waals surface area contributed by atoms with E-state index in [2.05, 4.69) is 20.4 Å². The molecule has 0 aliphatic heterocycles. The van der Waals surface area contributed by atoms with E-state index < -0.39 is 11.7 Å². The largest absolute Gasteiger partial charge is 0.416 e. The summed E-state index contributed by atoms with van der Waals surface area (Å²) in [5, 5.41) is 6.90. The lowest BCUT2D eigenvalue weighted by Gasteiger charge is -2.22. The number of alkyl halides is 3. The Balaban J connectivity index is 2.05. The zero-order valence-corrected chi connectivity index (χ0v) is 14.3. The number of hydrogen-bond donors (Lipinski definition) is 1. The van der Waals surface area contributed by atoms with Crippen molar-refractivity contribution in [1.29, 1.82) is 0 Å². The van der Waals surface area contributed by atoms with Gasteiger partial charge >= 0.3 is 6.18 Å². The number of aromatic nitrogens is 2. The van der Waals surface area contributed by atoms with E-state index in [4.69, 9.17) is 4.52 Å². The molecule has 1 aromatic heterocycles. The number of nitrogens with one attached hydrogen (secondary N) is 1. The first kappa shape index (κ1) is 18.8. The molecule has 0 saturated carbocycles. The van der Waals surface area contributed by atoms with Crippen LogP contribution in [0.2, 0.25) is 0 Å². The number of benzene rings is 1. The zero-order valence-electron chi connectivity index (χ0n) is 14.3. The molecule has 136 valence electrons. The van der Waals surface area contributed by atoms with Crippen molar-refractivity contribution in [3.63, 3.8) is 0 Å². The summed E-state index contributed by atoms with van der Waals surface area (Å²) in [7, 11) is 1.81. The van der Waals surface area contributed by atoms with Crippen LogP contribution in [0.3, 0.4) is 0 Å². The maximum Gasteiger partial charge on any atom is 0.416 e. The van der Waals surface area contributed by atoms with Gasteiger partial charge in [0.1, 0.15) is 6.54 Å². The second-order valence-corrected chi connectivity index (χ2v) is 5.45. The summed E-state index contributed by atoms with van der Waals surface area (Å²) in [5.41, 5.74) is 0.0865. The molecule has 2 aromatic rings. The molecule has 1 heterocycles. The van der Waals surface area contributed by atoms with Crippen molar-refractivity contribution in [2.75, 3.05) is 13.6 Å². The van der Waals surface area contributed by atoms with Gasteiger partial charge in [0.2, 0.25) is 5.89 Å². The van der Waals surface area contributed by atoms with Crippen molar-refractivity contribution >= 4 is 5.96 Å². The van der Waals surface area contributed by atoms with Crippen LogP contribution in [0.25, 0.3) is 0 Å². The molecular weight excluding hydrogens is 335 g/mol. The standard InChI is InChI=1S/C16H20F3N5O/c1-4-20-15(21-9-14-22-11(2)25-23-14)24(3)10-12-5-7-13(8-6-12)16(17,18)19/h5-8H,4,9-10H2,1-3H3,(H,20,21). The molecule has 0 spiro atoms. The fourth-order valence-electron chi connectivity index (χ4n) is 2.17. The van der Waals surface area contributed by atoms with Gasteiger partial charge in [0, 0.05) is 27.1 Å². The van der Waals surface area contributed by atoms with E-state index in [9.17, 15) is 13.2 Å². The van der Waals surface area contributed by atoms with Crippen LogP contribution < -0.4 is 5.32 Å². The van der Waals surface area contributed by atoms with Crippen molar-refractivity contribution in [3.05, 3.63) is 47.1 Å². The first-order valence-corrected chi connectivity index (χ1v) is 7.74. The highest BCUT2D eigenvalue weighted by Gasteiger charge is 2.29. The third-order valence-corrected chi connectivity index (χ3v) is 3.34. The molecule has 0 unspecified atom stereocenters. The zero-order chi connectivity index (χ0) is 18.4. The van der Waals surface area contributed by atoms with Crippen LogP contribution in [0, 0.1) is 6.92 Å². The lowest BCUT2D eigenvalue weighted by atomic mass is 10.1. The van der Waals surface area contributed by atoms with Crippen LogP contribution in [0.5, 0.6) is 0 Å². The predicted octanol–water partition coefficient (Wildman–Crippen LogP) is 2.99. The van der Waals surface area contributed by atoms with Crippen molar-refractivity contribution in [2.24, 2.45) is 4.99 Å². The number of aryl methyl sites for hydroxylation is 1. The van der Waals surface area contributed by atoms with E-state index in [0.717, 1.165) is 17.7 Å². The summed E-state index contributed by atoms with van der Waals surface area (Å²) >= 11 is 0. The second kappa shape index (κ2) is 8.00. The molecule has 0 atom stereocenters. The van der Waals surface area contributed by atoms with Crippen molar-refractivity contribution in [3.8, 4) is 0 Å². The third-order valence-electron chi connectivity index (χ3n) is 3.34. The van der Waals surface area contributed by atoms with E-state index in [0.29, 0.717) is 30.8 Å². The van der Waals surface area contributed by atoms with Crippen LogP contribution in [-0.2, 0) is 19.3 Å². The Morgan fingerprint density at radius 1 is 1.28 bits per heavy atom. The maximum atomic E-state index is 12.6.